The Morgan fingerprint density at radius 3 is 2.51 bits per heavy atom. The number of thiocarbonyl (C=S) groups is 1. The van der Waals surface area contributed by atoms with Crippen LogP contribution in [0.5, 0.6) is 5.75 Å². The molecule has 9 heteroatoms. The van der Waals surface area contributed by atoms with Crippen molar-refractivity contribution < 1.29 is 14.6 Å². The molecule has 1 amide bonds. The second kappa shape index (κ2) is 9.53. The van der Waals surface area contributed by atoms with Gasteiger partial charge >= 0.3 is 0 Å². The summed E-state index contributed by atoms with van der Waals surface area (Å²) in [5.41, 5.74) is 1.86. The van der Waals surface area contributed by atoms with E-state index >= 15 is 0 Å². The van der Waals surface area contributed by atoms with Gasteiger partial charge in [-0.05, 0) is 87.1 Å². The molecule has 1 saturated carbocycles. The normalized spacial score (nSPS) is 20.3. The Morgan fingerprint density at radius 1 is 1.23 bits per heavy atom. The number of nitriles is 1. The lowest BCUT2D eigenvalue weighted by Crippen LogP contribution is -2.55. The number of anilines is 2. The van der Waals surface area contributed by atoms with Crippen molar-refractivity contribution in [3.05, 3.63) is 47.8 Å². The molecule has 1 N–H and O–H groups in total. The molecule has 8 nitrogen and oxygen atoms in total. The number of aryl methyl sites for hydroxylation is 1. The maximum absolute atomic E-state index is 13.6. The summed E-state index contributed by atoms with van der Waals surface area (Å²) in [6.45, 7) is 4.57. The zero-order valence-electron chi connectivity index (χ0n) is 19.8. The summed E-state index contributed by atoms with van der Waals surface area (Å²) in [7, 11) is 0. The van der Waals surface area contributed by atoms with Gasteiger partial charge < -0.3 is 19.6 Å². The molecule has 182 valence electrons. The average molecular weight is 492 g/mol. The predicted molar refractivity (Wildman–Crippen MR) is 136 cm³/mol. The molecule has 2 saturated heterocycles. The molecule has 0 unspecified atom stereocenters. The Labute approximate surface area is 210 Å². The number of carbonyl (C=O) groups is 1. The average Bonchev–Trinajstić information content (AvgIpc) is 3.07. The second-order valence-electron chi connectivity index (χ2n) is 9.49. The van der Waals surface area contributed by atoms with Crippen molar-refractivity contribution in [3.8, 4) is 11.8 Å². The number of hydrogen-bond donors (Lipinski definition) is 1. The number of hydrogen-bond acceptors (Lipinski definition) is 7. The fraction of sp³-hybridized carbons (Fsp3) is 0.462. The van der Waals surface area contributed by atoms with E-state index in [9.17, 15) is 10.1 Å². The van der Waals surface area contributed by atoms with E-state index in [0.717, 1.165) is 56.6 Å². The third-order valence-corrected chi connectivity index (χ3v) is 7.73. The summed E-state index contributed by atoms with van der Waals surface area (Å²) >= 11 is 5.84. The monoisotopic (exact) mass is 491 g/mol. The van der Waals surface area contributed by atoms with Crippen molar-refractivity contribution in [2.45, 2.75) is 50.7 Å². The summed E-state index contributed by atoms with van der Waals surface area (Å²) in [5, 5.41) is 18.8. The molecule has 3 aliphatic rings. The SMILES string of the molecule is Cc1cc(N2C(=O)C3(CCC3)N(c3ccc(OC4CCN(CCO)CC4)cc3)C2=S)cnc1C#N. The van der Waals surface area contributed by atoms with Gasteiger partial charge in [0.2, 0.25) is 0 Å². The molecule has 0 atom stereocenters. The number of pyridine rings is 1. The Kier molecular flexibility index (Phi) is 6.45. The summed E-state index contributed by atoms with van der Waals surface area (Å²) in [6, 6.07) is 11.7. The van der Waals surface area contributed by atoms with Crippen LogP contribution in [0.4, 0.5) is 11.4 Å². The van der Waals surface area contributed by atoms with Gasteiger partial charge in [-0.15, -0.1) is 0 Å². The fourth-order valence-electron chi connectivity index (χ4n) is 5.27. The van der Waals surface area contributed by atoms with Gasteiger partial charge in [-0.25, -0.2) is 4.98 Å². The number of amides is 1. The fourth-order valence-corrected chi connectivity index (χ4v) is 5.73. The van der Waals surface area contributed by atoms with Crippen LogP contribution in [0.25, 0.3) is 0 Å². The summed E-state index contributed by atoms with van der Waals surface area (Å²) in [4.78, 5) is 23.7. The van der Waals surface area contributed by atoms with E-state index < -0.39 is 5.54 Å². The molecule has 2 aliphatic heterocycles. The molecular formula is C26H29N5O3S. The number of β-amino-alcohol motifs (C(OH)–C–C–N with tert-alkyl or cyclic N) is 1. The van der Waals surface area contributed by atoms with Crippen LogP contribution < -0.4 is 14.5 Å². The largest absolute Gasteiger partial charge is 0.490 e. The smallest absolute Gasteiger partial charge is 0.259 e. The van der Waals surface area contributed by atoms with Crippen LogP contribution in [-0.4, -0.2) is 63.9 Å². The van der Waals surface area contributed by atoms with Gasteiger partial charge in [-0.2, -0.15) is 5.26 Å². The first kappa shape index (κ1) is 23.7. The highest BCUT2D eigenvalue weighted by molar-refractivity contribution is 7.81. The molecule has 0 radical (unpaired) electrons. The summed E-state index contributed by atoms with van der Waals surface area (Å²) < 4.78 is 6.21. The molecule has 3 heterocycles. The van der Waals surface area contributed by atoms with Crippen molar-refractivity contribution in [3.63, 3.8) is 0 Å². The van der Waals surface area contributed by atoms with Crippen LogP contribution in [0.15, 0.2) is 36.5 Å². The van der Waals surface area contributed by atoms with E-state index in [2.05, 4.69) is 16.0 Å². The maximum Gasteiger partial charge on any atom is 0.259 e. The Bertz CT molecular complexity index is 1170. The van der Waals surface area contributed by atoms with Crippen molar-refractivity contribution in [2.75, 3.05) is 36.0 Å². The van der Waals surface area contributed by atoms with Crippen LogP contribution >= 0.6 is 12.2 Å². The zero-order chi connectivity index (χ0) is 24.6. The second-order valence-corrected chi connectivity index (χ2v) is 9.86. The minimum atomic E-state index is -0.666. The predicted octanol–water partition coefficient (Wildman–Crippen LogP) is 3.16. The number of ether oxygens (including phenoxy) is 1. The van der Waals surface area contributed by atoms with Crippen LogP contribution in [0.1, 0.15) is 43.4 Å². The van der Waals surface area contributed by atoms with Gasteiger partial charge in [0, 0.05) is 25.3 Å². The first-order valence-corrected chi connectivity index (χ1v) is 12.5. The summed E-state index contributed by atoms with van der Waals surface area (Å²) in [6.07, 6.45) is 6.04. The number of aliphatic hydroxyl groups excluding tert-OH is 1. The topological polar surface area (TPSA) is 92.9 Å². The molecule has 5 rings (SSSR count). The molecule has 35 heavy (non-hydrogen) atoms. The first-order valence-electron chi connectivity index (χ1n) is 12.1. The number of nitrogens with zero attached hydrogens (tertiary/aromatic N) is 5. The summed E-state index contributed by atoms with van der Waals surface area (Å²) in [5.74, 6) is 0.770. The number of rotatable bonds is 6. The Balaban J connectivity index is 1.34. The van der Waals surface area contributed by atoms with Gasteiger partial charge in [-0.3, -0.25) is 9.69 Å². The molecule has 1 aromatic heterocycles. The van der Waals surface area contributed by atoms with Gasteiger partial charge in [0.15, 0.2) is 5.11 Å². The van der Waals surface area contributed by atoms with E-state index in [-0.39, 0.29) is 18.6 Å². The number of aromatic nitrogens is 1. The lowest BCUT2D eigenvalue weighted by Gasteiger charge is -2.43. The molecule has 1 aromatic carbocycles. The lowest BCUT2D eigenvalue weighted by molar-refractivity contribution is -0.123. The third kappa shape index (κ3) is 4.16. The van der Waals surface area contributed by atoms with Crippen molar-refractivity contribution in [2.24, 2.45) is 0 Å². The molecular weight excluding hydrogens is 462 g/mol. The van der Waals surface area contributed by atoms with E-state index in [0.29, 0.717) is 28.6 Å². The van der Waals surface area contributed by atoms with E-state index in [4.69, 9.17) is 22.1 Å². The minimum Gasteiger partial charge on any atom is -0.490 e. The maximum atomic E-state index is 13.6. The number of benzene rings is 1. The highest BCUT2D eigenvalue weighted by atomic mass is 32.1. The number of aliphatic hydroxyl groups is 1. The molecule has 1 aliphatic carbocycles. The molecule has 1 spiro atoms. The van der Waals surface area contributed by atoms with Crippen LogP contribution in [0.2, 0.25) is 0 Å². The lowest BCUT2D eigenvalue weighted by atomic mass is 9.75. The van der Waals surface area contributed by atoms with Crippen molar-refractivity contribution in [1.29, 1.82) is 5.26 Å². The van der Waals surface area contributed by atoms with Crippen LogP contribution in [0, 0.1) is 18.3 Å². The highest BCUT2D eigenvalue weighted by Gasteiger charge is 2.59. The van der Waals surface area contributed by atoms with Crippen molar-refractivity contribution in [1.82, 2.24) is 9.88 Å². The zero-order valence-corrected chi connectivity index (χ0v) is 20.6. The van der Waals surface area contributed by atoms with Gasteiger partial charge in [0.05, 0.1) is 18.5 Å². The highest BCUT2D eigenvalue weighted by Crippen LogP contribution is 2.48. The van der Waals surface area contributed by atoms with Gasteiger partial charge in [0.25, 0.3) is 5.91 Å². The van der Waals surface area contributed by atoms with Crippen molar-refractivity contribution >= 4 is 34.6 Å². The third-order valence-electron chi connectivity index (χ3n) is 7.37. The van der Waals surface area contributed by atoms with Crippen LogP contribution in [-0.2, 0) is 4.79 Å². The number of piperidine rings is 1. The minimum absolute atomic E-state index is 0.0328. The molecule has 0 bridgehead atoms. The number of likely N-dealkylation sites (tertiary alicyclic amines) is 1. The quantitative estimate of drug-likeness (QED) is 0.616. The van der Waals surface area contributed by atoms with Gasteiger partial charge in [-0.1, -0.05) is 0 Å². The van der Waals surface area contributed by atoms with E-state index in [1.54, 1.807) is 17.2 Å². The van der Waals surface area contributed by atoms with E-state index in [1.165, 1.54) is 0 Å². The van der Waals surface area contributed by atoms with Gasteiger partial charge in [0.1, 0.15) is 29.2 Å². The van der Waals surface area contributed by atoms with Crippen LogP contribution in [0.3, 0.4) is 0 Å². The standard InChI is InChI=1S/C26H29N5O3S/c1-18-15-20(17-28-23(18)16-27)30-24(33)26(9-2-10-26)31(25(30)35)19-3-5-21(6-4-19)34-22-7-11-29(12-8-22)13-14-32/h3-6,15,17,22,32H,2,7-14H2,1H3. The Morgan fingerprint density at radius 2 is 1.94 bits per heavy atom. The number of carbonyl (C=O) groups excluding carboxylic acids is 1. The molecule has 2 aromatic rings. The first-order chi connectivity index (χ1) is 17.0. The molecule has 3 fully saturated rings. The van der Waals surface area contributed by atoms with E-state index in [1.807, 2.05) is 36.1 Å². The Hall–Kier alpha value is -3.06.